The van der Waals surface area contributed by atoms with Gasteiger partial charge in [0.1, 0.15) is 34.4 Å². The monoisotopic (exact) mass is 3750 g/mol. The number of piperazine rings is 2. The van der Waals surface area contributed by atoms with E-state index in [0.29, 0.717) is 57.8 Å². The van der Waals surface area contributed by atoms with Crippen LogP contribution in [-0.2, 0) is 31.7 Å². The van der Waals surface area contributed by atoms with Crippen molar-refractivity contribution in [1.29, 1.82) is 0 Å². The number of carboxylic acids is 1. The van der Waals surface area contributed by atoms with Gasteiger partial charge in [-0.2, -0.15) is 0 Å². The molecule has 2 aliphatic heterocycles. The molecule has 1 N–H and O–H groups in total. The number of hydrogen-bond donors (Lipinski definition) is 1. The molecule has 12 rings (SSSR count). The zero-order valence-corrected chi connectivity index (χ0v) is 98.9. The number of carboxylic acid groups (broad SMARTS) is 1. The topological polar surface area (TPSA) is 157 Å². The molecule has 0 unspecified atom stereocenters. The summed E-state index contributed by atoms with van der Waals surface area (Å²) in [6, 6.07) is 23.7. The van der Waals surface area contributed by atoms with Crippen molar-refractivity contribution >= 4 is 344 Å². The number of aromatic nitrogens is 4. The standard InChI is InChI=1S/C30H33ClN4O4.C29H31ClN4O4.I21/c1-33-18-23(30(36)38-3)21-10-9-20(17-25(21)33)35-15-13-34(14-16-35)12-11-22-28(32-39-29(22)19-7-8-19)27-24(31)5-4-6-26(27)37-2;1-32-17-22(29(35)36)20-9-8-19(16-24(20)32)34-14-12-33(13-15-34)11-10-21-27(31-38-28(21)18-6-7-18)26-23(30)4-3-5-25(26)37-2;1-12-14(4)16(6)18(8)20(10)21(11)19(9)17(7)15(5)13(2)3/h4-6,9-10,17-19H,7-8,11-16H2,1-3H3;3-5,8-9,16-18H,6-7,10-15H2,1-2H3,(H,35,36);/q;;-1. The molecular formula is C59H64Cl2I21N8O8-. The third-order valence-electron chi connectivity index (χ3n) is 16.5. The number of fused-ring (bicyclic) bond motifs is 2. The van der Waals surface area contributed by atoms with Crippen LogP contribution in [0.5, 0.6) is 11.5 Å². The molecule has 0 bridgehead atoms. The fraction of sp³-hybridized carbons (Fsp3) is 0.390. The average molecular weight is 3750 g/mol. The van der Waals surface area contributed by atoms with Gasteiger partial charge in [-0.05, 0) is 99.2 Å². The summed E-state index contributed by atoms with van der Waals surface area (Å²) in [5, 5.41) is 21.4. The summed E-state index contributed by atoms with van der Waals surface area (Å²) >= 11 is 47.5. The van der Waals surface area contributed by atoms with Gasteiger partial charge in [0.2, 0.25) is 0 Å². The number of rotatable bonds is 25. The molecule has 2 aliphatic carbocycles. The number of halogens is 23. The molecule has 2 saturated heterocycles. The SMILES string of the molecule is COC(=O)c1cn(C)c2cc(N3CCN(CCc4c(-c5c(Cl)cccc5OC)noc4C4CC4)CC3)ccc12.COc1cccc(Cl)c1-c1noc(C2CC2)c1CCN1CCN(c2ccc3c(C(=O)O)cn(C)c3c2)CC1.I[I-]I(I)I(I)I(I)I(I)I(I)I(I)I(I)I(I)I(I)I. The summed E-state index contributed by atoms with van der Waals surface area (Å²) in [7, 11) is 5.07. The molecule has 4 aromatic carbocycles. The summed E-state index contributed by atoms with van der Waals surface area (Å²) in [6.07, 6.45) is 9.78. The van der Waals surface area contributed by atoms with Crippen LogP contribution in [0, 0.1) is 0 Å². The zero-order chi connectivity index (χ0) is 70.4. The second-order valence-corrected chi connectivity index (χ2v) is 478. The Morgan fingerprint density at radius 2 is 0.969 bits per heavy atom. The summed E-state index contributed by atoms with van der Waals surface area (Å²) in [4.78, 5) is 33.5. The van der Waals surface area contributed by atoms with Crippen LogP contribution in [0.25, 0.3) is 44.3 Å². The third-order valence-corrected chi connectivity index (χ3v) is 1420. The number of anilines is 2. The van der Waals surface area contributed by atoms with E-state index in [1.807, 2.05) is 84.0 Å². The van der Waals surface area contributed by atoms with E-state index in [0.717, 1.165) is 177 Å². The molecule has 2 saturated carbocycles. The quantitative estimate of drug-likeness (QED) is 0.0426. The first kappa shape index (κ1) is 88.7. The Morgan fingerprint density at radius 3 is 1.35 bits per heavy atom. The molecule has 0 amide bonds. The number of methoxy groups -OCH3 is 3. The Hall–Kier alpha value is 8.35. The van der Waals surface area contributed by atoms with Crippen molar-refractivity contribution in [3.63, 3.8) is 0 Å². The fourth-order valence-corrected chi connectivity index (χ4v) is 3160. The van der Waals surface area contributed by atoms with Gasteiger partial charge in [-0.25, -0.2) is 9.59 Å². The maximum absolute atomic E-state index is 12.1. The molecule has 8 aromatic rings. The molecule has 550 valence electrons. The Labute approximate surface area is 729 Å². The molecule has 98 heavy (non-hydrogen) atoms. The number of aryl methyl sites for hydroxylation is 2. The number of nitrogens with zero attached hydrogens (tertiary/aromatic N) is 8. The van der Waals surface area contributed by atoms with Crippen LogP contribution in [0.3, 0.4) is 0 Å². The van der Waals surface area contributed by atoms with Crippen LogP contribution >= 0.6 is 299 Å². The average Bonchev–Trinajstić information content (AvgIpc) is 1.64. The number of benzene rings is 4. The molecule has 39 heteroatoms. The van der Waals surface area contributed by atoms with E-state index in [9.17, 15) is 14.7 Å². The Kier molecular flexibility index (Phi) is 38.9. The Morgan fingerprint density at radius 1 is 0.571 bits per heavy atom. The first-order valence-electron chi connectivity index (χ1n) is 29.4. The number of carbonyl (C=O) groups is 2. The summed E-state index contributed by atoms with van der Waals surface area (Å²) in [5.41, 5.74) is 10.7. The van der Waals surface area contributed by atoms with E-state index in [1.54, 1.807) is 20.4 Å². The van der Waals surface area contributed by atoms with Crippen LogP contribution in [-0.4, -0.2) is 133 Å². The molecule has 0 radical (unpaired) electrons. The van der Waals surface area contributed by atoms with E-state index in [-0.39, 0.29) is 37.5 Å². The number of aromatic carboxylic acids is 1. The first-order valence-corrected chi connectivity index (χ1v) is 156. The molecule has 0 atom stereocenters. The normalized spacial score (nSPS) is 16.6. The zero-order valence-electron chi connectivity index (χ0n) is 52.1. The molecule has 0 spiro atoms. The second kappa shape index (κ2) is 43.0. The number of hydrogen-bond acceptors (Lipinski definition) is 13. The van der Waals surface area contributed by atoms with Crippen molar-refractivity contribution in [1.82, 2.24) is 29.2 Å². The van der Waals surface area contributed by atoms with E-state index >= 15 is 0 Å². The summed E-state index contributed by atoms with van der Waals surface area (Å²) in [6.45, 7) is 9.34. The summed E-state index contributed by atoms with van der Waals surface area (Å²) in [5.74, 6) is 3.12. The predicted molar refractivity (Wildman–Crippen MR) is 580 cm³/mol. The van der Waals surface area contributed by atoms with Crippen LogP contribution in [0.4, 0.5) is 11.4 Å². The predicted octanol–water partition coefficient (Wildman–Crippen LogP) is 25.7. The van der Waals surface area contributed by atoms with Gasteiger partial charge in [-0.1, -0.05) is 45.6 Å². The molecule has 4 aliphatic rings. The molecule has 6 heterocycles. The Balaban J connectivity index is 0.000000168. The molecule has 4 aromatic heterocycles. The van der Waals surface area contributed by atoms with E-state index in [2.05, 4.69) is 253 Å². The van der Waals surface area contributed by atoms with Crippen molar-refractivity contribution in [2.45, 2.75) is 50.4 Å². The van der Waals surface area contributed by atoms with Gasteiger partial charge in [0, 0.05) is 137 Å². The van der Waals surface area contributed by atoms with Crippen molar-refractivity contribution in [3.05, 3.63) is 129 Å². The van der Waals surface area contributed by atoms with Crippen LogP contribution in [0.15, 0.2) is 94.2 Å². The van der Waals surface area contributed by atoms with E-state index in [1.165, 1.54) is 12.8 Å². The number of esters is 1. The summed E-state index contributed by atoms with van der Waals surface area (Å²) < 4.78 is 31.8. The number of ether oxygens (including phenoxy) is 3. The van der Waals surface area contributed by atoms with Gasteiger partial charge in [0.05, 0.1) is 64.7 Å². The van der Waals surface area contributed by atoms with E-state index < -0.39 is 45.4 Å². The minimum atomic E-state index is -0.897. The first-order chi connectivity index (χ1) is 47.0. The second-order valence-electron chi connectivity index (χ2n) is 22.1. The van der Waals surface area contributed by atoms with E-state index in [4.69, 9.17) is 46.5 Å². The van der Waals surface area contributed by atoms with Crippen molar-refractivity contribution in [2.24, 2.45) is 14.1 Å². The number of carbonyl (C=O) groups excluding carboxylic acids is 1. The third kappa shape index (κ3) is 23.0. The van der Waals surface area contributed by atoms with Crippen molar-refractivity contribution < 1.29 is 51.2 Å². The van der Waals surface area contributed by atoms with Crippen molar-refractivity contribution in [2.75, 3.05) is 96.6 Å². The van der Waals surface area contributed by atoms with Crippen LogP contribution in [0.1, 0.15) is 80.9 Å². The van der Waals surface area contributed by atoms with Gasteiger partial charge >= 0.3 is 301 Å². The van der Waals surface area contributed by atoms with Crippen LogP contribution in [0.2, 0.25) is 10.0 Å². The Bertz CT molecular complexity index is 4060. The minimum absolute atomic E-state index is 0.309. The van der Waals surface area contributed by atoms with Gasteiger partial charge in [-0.3, -0.25) is 9.80 Å². The van der Waals surface area contributed by atoms with Crippen LogP contribution < -0.4 is 32.5 Å². The molecule has 16 nitrogen and oxygen atoms in total. The van der Waals surface area contributed by atoms with Gasteiger partial charge in [-0.15, -0.1) is 0 Å². The maximum atomic E-state index is 12.1. The van der Waals surface area contributed by atoms with Gasteiger partial charge in [0.25, 0.3) is 0 Å². The molecular weight excluding hydrogens is 3680 g/mol. The van der Waals surface area contributed by atoms with Gasteiger partial charge < -0.3 is 47.3 Å². The molecule has 4 fully saturated rings. The van der Waals surface area contributed by atoms with Crippen molar-refractivity contribution in [3.8, 4) is 34.0 Å². The fourth-order valence-electron chi connectivity index (χ4n) is 11.5. The van der Waals surface area contributed by atoms with Gasteiger partial charge in [0.15, 0.2) is 0 Å².